The van der Waals surface area contributed by atoms with Gasteiger partial charge in [0.05, 0.1) is 12.7 Å². The van der Waals surface area contributed by atoms with Crippen molar-refractivity contribution in [2.45, 2.75) is 18.3 Å². The standard InChI is InChI=1S/C14H14N2O6S/c1-5-10(21-2)7(22-14(5)20)3-6-4-23-12-8(15)11(17)16(12)9(6)13(18)19/h3,8,12H,4,15H2,1-2H3,(H,18,19)/b7-3-/t8-,12+/m1/s1. The molecule has 0 spiro atoms. The van der Waals surface area contributed by atoms with Crippen LogP contribution in [0, 0.1) is 0 Å². The molecule has 3 aliphatic heterocycles. The van der Waals surface area contributed by atoms with Gasteiger partial charge in [-0.05, 0) is 18.6 Å². The minimum Gasteiger partial charge on any atom is -0.492 e. The molecule has 2 atom stereocenters. The van der Waals surface area contributed by atoms with E-state index in [-0.39, 0.29) is 22.6 Å². The van der Waals surface area contributed by atoms with Crippen molar-refractivity contribution in [2.24, 2.45) is 5.73 Å². The van der Waals surface area contributed by atoms with Crippen LogP contribution in [-0.4, -0.2) is 52.1 Å². The molecular formula is C14H14N2O6S. The molecule has 0 aromatic carbocycles. The van der Waals surface area contributed by atoms with Crippen molar-refractivity contribution in [1.82, 2.24) is 4.90 Å². The van der Waals surface area contributed by atoms with E-state index < -0.39 is 23.9 Å². The number of β-lactam (4-membered cyclic amide) rings is 1. The van der Waals surface area contributed by atoms with Gasteiger partial charge >= 0.3 is 11.9 Å². The number of carboxylic acid groups (broad SMARTS) is 1. The average Bonchev–Trinajstić information content (AvgIpc) is 2.79. The lowest BCUT2D eigenvalue weighted by molar-refractivity contribution is -0.147. The summed E-state index contributed by atoms with van der Waals surface area (Å²) >= 11 is 1.36. The first kappa shape index (κ1) is 15.6. The third-order valence-electron chi connectivity index (χ3n) is 3.82. The van der Waals surface area contributed by atoms with Crippen molar-refractivity contribution < 1.29 is 29.0 Å². The first-order chi connectivity index (χ1) is 10.9. The molecule has 0 aliphatic carbocycles. The number of hydrogen-bond acceptors (Lipinski definition) is 7. The van der Waals surface area contributed by atoms with Crippen molar-refractivity contribution in [3.05, 3.63) is 34.4 Å². The second kappa shape index (κ2) is 5.43. The molecule has 3 N–H and O–H groups in total. The molecule has 23 heavy (non-hydrogen) atoms. The summed E-state index contributed by atoms with van der Waals surface area (Å²) in [5.41, 5.74) is 6.22. The molecule has 3 rings (SSSR count). The Morgan fingerprint density at radius 3 is 2.83 bits per heavy atom. The van der Waals surface area contributed by atoms with E-state index in [2.05, 4.69) is 0 Å². The summed E-state index contributed by atoms with van der Waals surface area (Å²) in [4.78, 5) is 36.2. The van der Waals surface area contributed by atoms with Crippen LogP contribution in [0.3, 0.4) is 0 Å². The number of fused-ring (bicyclic) bond motifs is 1. The predicted octanol–water partition coefficient (Wildman–Crippen LogP) is -0.0714. The Kier molecular flexibility index (Phi) is 3.69. The fourth-order valence-corrected chi connectivity index (χ4v) is 3.91. The lowest BCUT2D eigenvalue weighted by atomic mass is 10.0. The van der Waals surface area contributed by atoms with E-state index in [1.807, 2.05) is 0 Å². The minimum atomic E-state index is -1.23. The van der Waals surface area contributed by atoms with Gasteiger partial charge in [-0.3, -0.25) is 9.69 Å². The molecule has 0 aromatic rings. The molecule has 0 unspecified atom stereocenters. The van der Waals surface area contributed by atoms with E-state index in [1.165, 1.54) is 29.8 Å². The van der Waals surface area contributed by atoms with Gasteiger partial charge < -0.3 is 20.3 Å². The van der Waals surface area contributed by atoms with Crippen LogP contribution < -0.4 is 5.73 Å². The van der Waals surface area contributed by atoms with Gasteiger partial charge in [0.1, 0.15) is 17.1 Å². The summed E-state index contributed by atoms with van der Waals surface area (Å²) in [7, 11) is 1.39. The summed E-state index contributed by atoms with van der Waals surface area (Å²) < 4.78 is 10.2. The van der Waals surface area contributed by atoms with E-state index in [0.29, 0.717) is 16.9 Å². The largest absolute Gasteiger partial charge is 0.492 e. The number of esters is 1. The lowest BCUT2D eigenvalue weighted by Gasteiger charge is -2.47. The number of thioether (sulfide) groups is 1. The van der Waals surface area contributed by atoms with Crippen molar-refractivity contribution in [2.75, 3.05) is 12.9 Å². The number of carbonyl (C=O) groups excluding carboxylic acids is 2. The number of nitrogens with two attached hydrogens (primary N) is 1. The summed E-state index contributed by atoms with van der Waals surface area (Å²) in [5, 5.41) is 9.08. The highest BCUT2D eigenvalue weighted by Crippen LogP contribution is 2.40. The van der Waals surface area contributed by atoms with Crippen molar-refractivity contribution in [3.8, 4) is 0 Å². The molecule has 1 saturated heterocycles. The van der Waals surface area contributed by atoms with Crippen LogP contribution >= 0.6 is 11.8 Å². The summed E-state index contributed by atoms with van der Waals surface area (Å²) in [6, 6.07) is -0.690. The maximum absolute atomic E-state index is 11.9. The molecule has 8 nitrogen and oxygen atoms in total. The molecule has 0 saturated carbocycles. The quantitative estimate of drug-likeness (QED) is 0.542. The van der Waals surface area contributed by atoms with Crippen LogP contribution in [0.5, 0.6) is 0 Å². The Morgan fingerprint density at radius 2 is 2.22 bits per heavy atom. The third-order valence-corrected chi connectivity index (χ3v) is 5.15. The number of methoxy groups -OCH3 is 1. The van der Waals surface area contributed by atoms with Crippen LogP contribution in [0.2, 0.25) is 0 Å². The fraction of sp³-hybridized carbons (Fsp3) is 0.357. The highest BCUT2D eigenvalue weighted by atomic mass is 32.2. The molecule has 0 aromatic heterocycles. The van der Waals surface area contributed by atoms with E-state index in [1.54, 1.807) is 6.92 Å². The number of rotatable bonds is 3. The van der Waals surface area contributed by atoms with Gasteiger partial charge in [-0.25, -0.2) is 9.59 Å². The van der Waals surface area contributed by atoms with Gasteiger partial charge in [-0.2, -0.15) is 0 Å². The molecular weight excluding hydrogens is 324 g/mol. The van der Waals surface area contributed by atoms with E-state index in [4.69, 9.17) is 15.2 Å². The maximum atomic E-state index is 11.9. The van der Waals surface area contributed by atoms with Gasteiger partial charge in [0.15, 0.2) is 11.5 Å². The molecule has 9 heteroatoms. The number of hydrogen-bond donors (Lipinski definition) is 2. The second-order valence-electron chi connectivity index (χ2n) is 5.17. The highest BCUT2D eigenvalue weighted by molar-refractivity contribution is 8.00. The molecule has 122 valence electrons. The van der Waals surface area contributed by atoms with E-state index >= 15 is 0 Å². The van der Waals surface area contributed by atoms with E-state index in [0.717, 1.165) is 0 Å². The molecule has 1 fully saturated rings. The SMILES string of the molecule is COC1=C(C)C(=O)O/C1=C\C1=C(C(=O)O)N2C(=O)[C@@H](N)[C@@H]2SC1. The fourth-order valence-electron chi connectivity index (χ4n) is 2.66. The van der Waals surface area contributed by atoms with Crippen molar-refractivity contribution in [1.29, 1.82) is 0 Å². The number of cyclic esters (lactones) is 1. The molecule has 0 radical (unpaired) electrons. The highest BCUT2D eigenvalue weighted by Gasteiger charge is 2.51. The van der Waals surface area contributed by atoms with Gasteiger partial charge in [0.2, 0.25) is 5.91 Å². The van der Waals surface area contributed by atoms with Gasteiger partial charge in [0, 0.05) is 5.75 Å². The van der Waals surface area contributed by atoms with Crippen LogP contribution in [0.25, 0.3) is 0 Å². The minimum absolute atomic E-state index is 0.135. The monoisotopic (exact) mass is 338 g/mol. The Morgan fingerprint density at radius 1 is 1.52 bits per heavy atom. The summed E-state index contributed by atoms with van der Waals surface area (Å²) in [6.07, 6.45) is 1.43. The first-order valence-electron chi connectivity index (χ1n) is 6.72. The number of carbonyl (C=O) groups is 3. The maximum Gasteiger partial charge on any atom is 0.352 e. The van der Waals surface area contributed by atoms with Crippen molar-refractivity contribution >= 4 is 29.6 Å². The smallest absolute Gasteiger partial charge is 0.352 e. The number of ether oxygens (including phenoxy) is 2. The molecule has 0 bridgehead atoms. The molecule has 3 aliphatic rings. The topological polar surface area (TPSA) is 119 Å². The zero-order valence-electron chi connectivity index (χ0n) is 12.4. The Labute approximate surface area is 135 Å². The molecule has 3 heterocycles. The number of amides is 1. The van der Waals surface area contributed by atoms with Crippen LogP contribution in [0.4, 0.5) is 0 Å². The average molecular weight is 338 g/mol. The summed E-state index contributed by atoms with van der Waals surface area (Å²) in [5.74, 6) is -1.48. The number of allylic oxidation sites excluding steroid dienone is 1. The van der Waals surface area contributed by atoms with Crippen LogP contribution in [0.15, 0.2) is 34.4 Å². The summed E-state index contributed by atoms with van der Waals surface area (Å²) in [6.45, 7) is 1.55. The van der Waals surface area contributed by atoms with Crippen molar-refractivity contribution in [3.63, 3.8) is 0 Å². The van der Waals surface area contributed by atoms with Gasteiger partial charge in [-0.1, -0.05) is 0 Å². The zero-order valence-corrected chi connectivity index (χ0v) is 13.2. The van der Waals surface area contributed by atoms with Gasteiger partial charge in [-0.15, -0.1) is 11.8 Å². The number of aliphatic carboxylic acids is 1. The number of nitrogens with zero attached hydrogens (tertiary/aromatic N) is 1. The Bertz CT molecular complexity index is 723. The van der Waals surface area contributed by atoms with Crippen LogP contribution in [-0.2, 0) is 23.9 Å². The number of carboxylic acids is 1. The van der Waals surface area contributed by atoms with E-state index in [9.17, 15) is 19.5 Å². The lowest BCUT2D eigenvalue weighted by Crippen LogP contribution is -2.68. The third kappa shape index (κ3) is 2.23. The van der Waals surface area contributed by atoms with Crippen LogP contribution in [0.1, 0.15) is 6.92 Å². The first-order valence-corrected chi connectivity index (χ1v) is 7.77. The normalized spacial score (nSPS) is 28.8. The Balaban J connectivity index is 2.04. The van der Waals surface area contributed by atoms with Gasteiger partial charge in [0.25, 0.3) is 0 Å². The second-order valence-corrected chi connectivity index (χ2v) is 6.28. The predicted molar refractivity (Wildman–Crippen MR) is 79.6 cm³/mol. The molecule has 1 amide bonds. The zero-order chi connectivity index (χ0) is 16.9. The Hall–Kier alpha value is -2.26.